The predicted octanol–water partition coefficient (Wildman–Crippen LogP) is 3.28. The third-order valence-corrected chi connectivity index (χ3v) is 5.05. The summed E-state index contributed by atoms with van der Waals surface area (Å²) in [6, 6.07) is 8.87. The molecule has 26 heavy (non-hydrogen) atoms. The van der Waals surface area contributed by atoms with Crippen molar-refractivity contribution >= 4 is 16.8 Å². The molecule has 3 aromatic rings. The number of likely N-dealkylation sites (tertiary alicyclic amines) is 1. The second kappa shape index (κ2) is 6.78. The van der Waals surface area contributed by atoms with Crippen molar-refractivity contribution in [3.05, 3.63) is 64.6 Å². The number of hydrogen-bond acceptors (Lipinski definition) is 4. The normalized spacial score (nSPS) is 18.0. The molecular formula is C20H21N3O3. The van der Waals surface area contributed by atoms with E-state index >= 15 is 0 Å². The zero-order chi connectivity index (χ0) is 18.1. The number of hydrogen-bond donors (Lipinski definition) is 0. The van der Waals surface area contributed by atoms with E-state index < -0.39 is 0 Å². The maximum absolute atomic E-state index is 13.2. The van der Waals surface area contributed by atoms with Gasteiger partial charge in [-0.05, 0) is 43.2 Å². The number of fused-ring (bicyclic) bond motifs is 1. The third-order valence-electron chi connectivity index (χ3n) is 5.05. The van der Waals surface area contributed by atoms with E-state index in [0.717, 1.165) is 31.4 Å². The fourth-order valence-corrected chi connectivity index (χ4v) is 3.64. The lowest BCUT2D eigenvalue weighted by molar-refractivity contribution is 0.0658. The molecule has 134 valence electrons. The van der Waals surface area contributed by atoms with E-state index in [2.05, 4.69) is 4.98 Å². The Bertz CT molecular complexity index is 991. The van der Waals surface area contributed by atoms with E-state index in [1.165, 1.54) is 10.9 Å². The molecule has 0 N–H and O–H groups in total. The van der Waals surface area contributed by atoms with Crippen LogP contribution in [0.25, 0.3) is 10.9 Å². The Morgan fingerprint density at radius 1 is 1.23 bits per heavy atom. The van der Waals surface area contributed by atoms with Crippen molar-refractivity contribution in [3.63, 3.8) is 0 Å². The van der Waals surface area contributed by atoms with Gasteiger partial charge in [0.1, 0.15) is 5.76 Å². The number of carbonyl (C=O) groups excluding carboxylic acids is 1. The number of carbonyl (C=O) groups is 1. The summed E-state index contributed by atoms with van der Waals surface area (Å²) in [7, 11) is 1.67. The lowest BCUT2D eigenvalue weighted by Crippen LogP contribution is -2.34. The van der Waals surface area contributed by atoms with Crippen molar-refractivity contribution in [2.45, 2.75) is 31.7 Å². The molecule has 1 aliphatic heterocycles. The van der Waals surface area contributed by atoms with Gasteiger partial charge >= 0.3 is 0 Å². The van der Waals surface area contributed by atoms with E-state index in [9.17, 15) is 9.59 Å². The summed E-state index contributed by atoms with van der Waals surface area (Å²) in [6.45, 7) is 0.701. The summed E-state index contributed by atoms with van der Waals surface area (Å²) >= 11 is 0. The fourth-order valence-electron chi connectivity index (χ4n) is 3.64. The maximum Gasteiger partial charge on any atom is 0.260 e. The van der Waals surface area contributed by atoms with Gasteiger partial charge in [0.2, 0.25) is 0 Å². The molecular weight excluding hydrogens is 330 g/mol. The molecule has 0 radical (unpaired) electrons. The van der Waals surface area contributed by atoms with Crippen LogP contribution >= 0.6 is 0 Å². The van der Waals surface area contributed by atoms with Gasteiger partial charge in [-0.2, -0.15) is 0 Å². The maximum atomic E-state index is 13.2. The zero-order valence-electron chi connectivity index (χ0n) is 14.7. The van der Waals surface area contributed by atoms with E-state index in [1.807, 2.05) is 17.0 Å². The Morgan fingerprint density at radius 2 is 2.12 bits per heavy atom. The molecule has 0 spiro atoms. The highest BCUT2D eigenvalue weighted by atomic mass is 16.3. The quantitative estimate of drug-likeness (QED) is 0.710. The van der Waals surface area contributed by atoms with E-state index in [-0.39, 0.29) is 17.5 Å². The second-order valence-corrected chi connectivity index (χ2v) is 6.77. The lowest BCUT2D eigenvalue weighted by atomic mass is 10.1. The molecule has 0 aliphatic carbocycles. The topological polar surface area (TPSA) is 68.3 Å². The number of aromatic nitrogens is 2. The standard InChI is InChI=1S/C20H21N3O3/c1-22-13-21-16-12-14(8-9-15(16)20(22)25)19(24)23-10-4-2-3-6-17(23)18-7-5-11-26-18/h5,7-9,11-13,17H,2-4,6,10H2,1H3/t17-/m0/s1. The summed E-state index contributed by atoms with van der Waals surface area (Å²) in [5.41, 5.74) is 0.984. The largest absolute Gasteiger partial charge is 0.467 e. The average molecular weight is 351 g/mol. The van der Waals surface area contributed by atoms with Crippen molar-refractivity contribution in [1.29, 1.82) is 0 Å². The van der Waals surface area contributed by atoms with Crippen molar-refractivity contribution < 1.29 is 9.21 Å². The first kappa shape index (κ1) is 16.6. The van der Waals surface area contributed by atoms with Gasteiger partial charge in [0.25, 0.3) is 11.5 Å². The molecule has 1 amide bonds. The monoisotopic (exact) mass is 351 g/mol. The fraction of sp³-hybridized carbons (Fsp3) is 0.350. The SMILES string of the molecule is Cn1cnc2cc(C(=O)N3CCCCC[C@H]3c3ccco3)ccc2c1=O. The van der Waals surface area contributed by atoms with Crippen molar-refractivity contribution in [1.82, 2.24) is 14.5 Å². The molecule has 6 heteroatoms. The van der Waals surface area contributed by atoms with E-state index in [1.54, 1.807) is 31.5 Å². The summed E-state index contributed by atoms with van der Waals surface area (Å²) in [6.07, 6.45) is 7.19. The number of rotatable bonds is 2. The van der Waals surface area contributed by atoms with Crippen LogP contribution in [0.2, 0.25) is 0 Å². The Kier molecular flexibility index (Phi) is 4.32. The van der Waals surface area contributed by atoms with Gasteiger partial charge in [-0.15, -0.1) is 0 Å². The van der Waals surface area contributed by atoms with Crippen molar-refractivity contribution in [2.24, 2.45) is 7.05 Å². The van der Waals surface area contributed by atoms with Crippen LogP contribution in [-0.4, -0.2) is 26.9 Å². The van der Waals surface area contributed by atoms with Gasteiger partial charge in [0.15, 0.2) is 0 Å². The van der Waals surface area contributed by atoms with Crippen molar-refractivity contribution in [3.8, 4) is 0 Å². The molecule has 3 heterocycles. The number of aryl methyl sites for hydroxylation is 1. The van der Waals surface area contributed by atoms with Gasteiger partial charge in [-0.1, -0.05) is 12.8 Å². The van der Waals surface area contributed by atoms with Crippen LogP contribution in [0.3, 0.4) is 0 Å². The van der Waals surface area contributed by atoms with Crippen LogP contribution in [0.4, 0.5) is 0 Å². The molecule has 1 saturated heterocycles. The van der Waals surface area contributed by atoms with E-state index in [0.29, 0.717) is 23.0 Å². The molecule has 1 atom stereocenters. The highest BCUT2D eigenvalue weighted by Gasteiger charge is 2.29. The van der Waals surface area contributed by atoms with Crippen molar-refractivity contribution in [2.75, 3.05) is 6.54 Å². The summed E-state index contributed by atoms with van der Waals surface area (Å²) in [5, 5.41) is 0.519. The van der Waals surface area contributed by atoms with E-state index in [4.69, 9.17) is 4.42 Å². The highest BCUT2D eigenvalue weighted by Crippen LogP contribution is 2.31. The van der Waals surface area contributed by atoms with Crippen LogP contribution in [0.1, 0.15) is 47.8 Å². The van der Waals surface area contributed by atoms with Crippen LogP contribution in [0.5, 0.6) is 0 Å². The minimum Gasteiger partial charge on any atom is -0.467 e. The number of benzene rings is 1. The van der Waals surface area contributed by atoms with Gasteiger partial charge in [0, 0.05) is 19.2 Å². The summed E-state index contributed by atoms with van der Waals surface area (Å²) < 4.78 is 7.03. The van der Waals surface area contributed by atoms with Gasteiger partial charge in [-0.3, -0.25) is 9.59 Å². The minimum atomic E-state index is -0.114. The minimum absolute atomic E-state index is 0.0438. The molecule has 1 fully saturated rings. The molecule has 0 unspecified atom stereocenters. The average Bonchev–Trinajstić information content (AvgIpc) is 3.08. The number of amides is 1. The number of furan rings is 1. The Balaban J connectivity index is 1.72. The summed E-state index contributed by atoms with van der Waals surface area (Å²) in [5.74, 6) is 0.783. The molecule has 1 aliphatic rings. The van der Waals surface area contributed by atoms with Gasteiger partial charge in [0.05, 0.1) is 29.5 Å². The second-order valence-electron chi connectivity index (χ2n) is 6.77. The molecule has 1 aromatic carbocycles. The smallest absolute Gasteiger partial charge is 0.260 e. The third kappa shape index (κ3) is 2.92. The molecule has 0 saturated carbocycles. The van der Waals surface area contributed by atoms with Gasteiger partial charge < -0.3 is 13.9 Å². The summed E-state index contributed by atoms with van der Waals surface area (Å²) in [4.78, 5) is 31.6. The zero-order valence-corrected chi connectivity index (χ0v) is 14.7. The first-order chi connectivity index (χ1) is 12.6. The van der Waals surface area contributed by atoms with Crippen LogP contribution in [0, 0.1) is 0 Å². The Morgan fingerprint density at radius 3 is 2.92 bits per heavy atom. The predicted molar refractivity (Wildman–Crippen MR) is 97.9 cm³/mol. The van der Waals surface area contributed by atoms with Crippen LogP contribution in [0.15, 0.2) is 52.1 Å². The Hall–Kier alpha value is -2.89. The number of nitrogens with zero attached hydrogens (tertiary/aromatic N) is 3. The Labute approximate surface area is 151 Å². The lowest BCUT2D eigenvalue weighted by Gasteiger charge is -2.28. The first-order valence-corrected chi connectivity index (χ1v) is 8.95. The molecule has 4 rings (SSSR count). The molecule has 0 bridgehead atoms. The molecule has 6 nitrogen and oxygen atoms in total. The highest BCUT2D eigenvalue weighted by molar-refractivity contribution is 5.97. The molecule has 2 aromatic heterocycles. The van der Waals surface area contributed by atoms with Crippen LogP contribution < -0.4 is 5.56 Å². The van der Waals surface area contributed by atoms with Gasteiger partial charge in [-0.25, -0.2) is 4.98 Å². The first-order valence-electron chi connectivity index (χ1n) is 8.95. The van der Waals surface area contributed by atoms with Crippen LogP contribution in [-0.2, 0) is 7.05 Å².